The first-order chi connectivity index (χ1) is 12.3. The topological polar surface area (TPSA) is 35.8 Å². The third-order valence-corrected chi connectivity index (χ3v) is 4.86. The average molecular weight is 330 g/mol. The maximum atomic E-state index is 10.2. The summed E-state index contributed by atoms with van der Waals surface area (Å²) in [6, 6.07) is 22.7. The van der Waals surface area contributed by atoms with E-state index in [0.717, 1.165) is 42.4 Å². The zero-order valence-corrected chi connectivity index (χ0v) is 14.2. The number of nitrogens with zero attached hydrogens (tertiary/aromatic N) is 2. The number of benzene rings is 3. The van der Waals surface area contributed by atoms with Crippen molar-refractivity contribution < 1.29 is 5.11 Å². The summed E-state index contributed by atoms with van der Waals surface area (Å²) in [4.78, 5) is 7.21. The van der Waals surface area contributed by atoms with E-state index >= 15 is 0 Å². The molecule has 126 valence electrons. The lowest BCUT2D eigenvalue weighted by Crippen LogP contribution is -2.21. The highest BCUT2D eigenvalue weighted by Gasteiger charge is 2.21. The van der Waals surface area contributed by atoms with Gasteiger partial charge in [-0.15, -0.1) is 0 Å². The molecule has 0 aromatic heterocycles. The van der Waals surface area contributed by atoms with Gasteiger partial charge in [-0.2, -0.15) is 0 Å². The molecule has 3 aromatic carbocycles. The Morgan fingerprint density at radius 1 is 1.00 bits per heavy atom. The molecule has 0 spiro atoms. The minimum Gasteiger partial charge on any atom is -0.507 e. The van der Waals surface area contributed by atoms with Crippen molar-refractivity contribution in [2.24, 2.45) is 4.99 Å². The highest BCUT2D eigenvalue weighted by Crippen LogP contribution is 2.26. The molecule has 1 saturated heterocycles. The summed E-state index contributed by atoms with van der Waals surface area (Å²) in [6.07, 6.45) is 2.92. The molecule has 1 atom stereocenters. The summed E-state index contributed by atoms with van der Waals surface area (Å²) in [6.45, 7) is 3.02. The number of hydrogen-bond acceptors (Lipinski definition) is 3. The van der Waals surface area contributed by atoms with E-state index in [1.54, 1.807) is 6.07 Å². The largest absolute Gasteiger partial charge is 0.507 e. The van der Waals surface area contributed by atoms with Gasteiger partial charge in [0, 0.05) is 31.4 Å². The molecule has 3 aromatic rings. The Morgan fingerprint density at radius 2 is 1.80 bits per heavy atom. The first kappa shape index (κ1) is 15.9. The number of phenols is 1. The number of fused-ring (bicyclic) bond motifs is 1. The molecule has 1 aliphatic rings. The lowest BCUT2D eigenvalue weighted by molar-refractivity contribution is 0.327. The predicted octanol–water partition coefficient (Wildman–Crippen LogP) is 4.24. The molecule has 0 radical (unpaired) electrons. The molecular formula is C22H22N2O. The number of likely N-dealkylation sites (tertiary alicyclic amines) is 1. The van der Waals surface area contributed by atoms with Crippen LogP contribution in [0.1, 0.15) is 17.5 Å². The number of aromatic hydroxyl groups is 1. The van der Waals surface area contributed by atoms with Crippen LogP contribution in [0, 0.1) is 0 Å². The van der Waals surface area contributed by atoms with Gasteiger partial charge in [0.1, 0.15) is 5.75 Å². The third kappa shape index (κ3) is 3.57. The van der Waals surface area contributed by atoms with Crippen LogP contribution in [0.25, 0.3) is 10.8 Å². The molecule has 25 heavy (non-hydrogen) atoms. The number of rotatable bonds is 4. The lowest BCUT2D eigenvalue weighted by Gasteiger charge is -2.14. The van der Waals surface area contributed by atoms with Gasteiger partial charge in [0.2, 0.25) is 0 Å². The summed E-state index contributed by atoms with van der Waals surface area (Å²) in [5.41, 5.74) is 2.17. The highest BCUT2D eigenvalue weighted by molar-refractivity contribution is 6.02. The molecule has 0 saturated carbocycles. The van der Waals surface area contributed by atoms with Gasteiger partial charge in [0.25, 0.3) is 0 Å². The van der Waals surface area contributed by atoms with Crippen molar-refractivity contribution in [2.45, 2.75) is 19.0 Å². The van der Waals surface area contributed by atoms with Crippen molar-refractivity contribution in [3.8, 4) is 5.75 Å². The standard InChI is InChI=1S/C22H22N2O/c25-22-11-10-18-8-4-5-9-20(18)21(22)14-23-19-12-13-24(16-19)15-17-6-2-1-3-7-17/h1-11,14,19,25H,12-13,15-16H2/t19-/m1/s1. The number of hydrogen-bond donors (Lipinski definition) is 1. The van der Waals surface area contributed by atoms with Crippen LogP contribution in [-0.4, -0.2) is 35.4 Å². The Kier molecular flexibility index (Phi) is 4.49. The van der Waals surface area contributed by atoms with Gasteiger partial charge in [0.05, 0.1) is 6.04 Å². The molecule has 1 fully saturated rings. The van der Waals surface area contributed by atoms with E-state index in [4.69, 9.17) is 4.99 Å². The van der Waals surface area contributed by atoms with Crippen molar-refractivity contribution in [1.82, 2.24) is 4.90 Å². The monoisotopic (exact) mass is 330 g/mol. The van der Waals surface area contributed by atoms with Crippen LogP contribution in [0.15, 0.2) is 71.7 Å². The first-order valence-corrected chi connectivity index (χ1v) is 8.80. The van der Waals surface area contributed by atoms with Crippen LogP contribution in [0.5, 0.6) is 5.75 Å². The maximum Gasteiger partial charge on any atom is 0.124 e. The molecule has 4 rings (SSSR count). The smallest absolute Gasteiger partial charge is 0.124 e. The molecular weight excluding hydrogens is 308 g/mol. The normalized spacial score (nSPS) is 18.3. The fourth-order valence-corrected chi connectivity index (χ4v) is 3.52. The average Bonchev–Trinajstić information content (AvgIpc) is 3.09. The van der Waals surface area contributed by atoms with E-state index in [-0.39, 0.29) is 0 Å². The fourth-order valence-electron chi connectivity index (χ4n) is 3.52. The van der Waals surface area contributed by atoms with Crippen molar-refractivity contribution in [2.75, 3.05) is 13.1 Å². The predicted molar refractivity (Wildman–Crippen MR) is 103 cm³/mol. The molecule has 3 nitrogen and oxygen atoms in total. The van der Waals surface area contributed by atoms with Crippen LogP contribution in [0.3, 0.4) is 0 Å². The minimum atomic E-state index is 0.293. The van der Waals surface area contributed by atoms with Gasteiger partial charge < -0.3 is 5.11 Å². The second-order valence-electron chi connectivity index (χ2n) is 6.66. The third-order valence-electron chi connectivity index (χ3n) is 4.86. The van der Waals surface area contributed by atoms with Crippen molar-refractivity contribution in [1.29, 1.82) is 0 Å². The SMILES string of the molecule is Oc1ccc2ccccc2c1C=N[C@@H]1CCN(Cc2ccccc2)C1. The Bertz CT molecular complexity index is 889. The van der Waals surface area contributed by atoms with Crippen LogP contribution in [0.4, 0.5) is 0 Å². The fraction of sp³-hybridized carbons (Fsp3) is 0.227. The summed E-state index contributed by atoms with van der Waals surface area (Å²) in [5.74, 6) is 0.293. The second-order valence-corrected chi connectivity index (χ2v) is 6.66. The van der Waals surface area contributed by atoms with E-state index in [1.807, 2.05) is 30.5 Å². The second kappa shape index (κ2) is 7.08. The highest BCUT2D eigenvalue weighted by atomic mass is 16.3. The van der Waals surface area contributed by atoms with Crippen molar-refractivity contribution >= 4 is 17.0 Å². The van der Waals surface area contributed by atoms with Crippen LogP contribution < -0.4 is 0 Å². The summed E-state index contributed by atoms with van der Waals surface area (Å²) >= 11 is 0. The molecule has 0 amide bonds. The zero-order valence-electron chi connectivity index (χ0n) is 14.2. The van der Waals surface area contributed by atoms with Crippen molar-refractivity contribution in [3.05, 3.63) is 77.9 Å². The van der Waals surface area contributed by atoms with E-state index in [0.29, 0.717) is 11.8 Å². The van der Waals surface area contributed by atoms with Gasteiger partial charge >= 0.3 is 0 Å². The van der Waals surface area contributed by atoms with E-state index < -0.39 is 0 Å². The van der Waals surface area contributed by atoms with Gasteiger partial charge in [-0.25, -0.2) is 0 Å². The number of aliphatic imine (C=N–C) groups is 1. The van der Waals surface area contributed by atoms with Gasteiger partial charge in [-0.05, 0) is 28.8 Å². The molecule has 1 aliphatic heterocycles. The summed E-state index contributed by atoms with van der Waals surface area (Å²) < 4.78 is 0. The molecule has 3 heteroatoms. The molecule has 0 aliphatic carbocycles. The van der Waals surface area contributed by atoms with E-state index in [9.17, 15) is 5.11 Å². The molecule has 0 bridgehead atoms. The van der Waals surface area contributed by atoms with Gasteiger partial charge in [-0.3, -0.25) is 9.89 Å². The zero-order chi connectivity index (χ0) is 17.1. The summed E-state index contributed by atoms with van der Waals surface area (Å²) in [5, 5.41) is 12.4. The van der Waals surface area contributed by atoms with Crippen molar-refractivity contribution in [3.63, 3.8) is 0 Å². The van der Waals surface area contributed by atoms with E-state index in [1.165, 1.54) is 5.56 Å². The maximum absolute atomic E-state index is 10.2. The Morgan fingerprint density at radius 3 is 2.68 bits per heavy atom. The summed E-state index contributed by atoms with van der Waals surface area (Å²) in [7, 11) is 0. The van der Waals surface area contributed by atoms with Crippen LogP contribution >= 0.6 is 0 Å². The Hall–Kier alpha value is -2.65. The Balaban J connectivity index is 1.47. The minimum absolute atomic E-state index is 0.293. The van der Waals surface area contributed by atoms with E-state index in [2.05, 4.69) is 41.3 Å². The first-order valence-electron chi connectivity index (χ1n) is 8.80. The number of phenolic OH excluding ortho intramolecular Hbond substituents is 1. The quantitative estimate of drug-likeness (QED) is 0.726. The lowest BCUT2D eigenvalue weighted by atomic mass is 10.0. The van der Waals surface area contributed by atoms with Gasteiger partial charge in [-0.1, -0.05) is 60.7 Å². The molecule has 1 N–H and O–H groups in total. The van der Waals surface area contributed by atoms with Crippen LogP contribution in [-0.2, 0) is 6.54 Å². The Labute approximate surface area is 148 Å². The van der Waals surface area contributed by atoms with Crippen LogP contribution in [0.2, 0.25) is 0 Å². The molecule has 1 heterocycles. The van der Waals surface area contributed by atoms with Gasteiger partial charge in [0.15, 0.2) is 0 Å². The molecule has 0 unspecified atom stereocenters.